The quantitative estimate of drug-likeness (QED) is 0.494. The molecular formula is C8H8ClN3. The minimum absolute atomic E-state index is 0. The van der Waals surface area contributed by atoms with Crippen LogP contribution in [0, 0.1) is 0 Å². The first-order valence-electron chi connectivity index (χ1n) is 3.39. The van der Waals surface area contributed by atoms with Crippen molar-refractivity contribution in [2.45, 2.75) is 0 Å². The SMILES string of the molecule is Nc1c[nH+]nc2ccccc12.[Cl-]. The largest absolute Gasteiger partial charge is 1.00 e. The average Bonchev–Trinajstić information content (AvgIpc) is 2.06. The Labute approximate surface area is 76.0 Å². The first-order chi connectivity index (χ1) is 5.38. The van der Waals surface area contributed by atoms with Crippen LogP contribution in [-0.4, -0.2) is 5.10 Å². The van der Waals surface area contributed by atoms with Crippen LogP contribution in [0.2, 0.25) is 0 Å². The zero-order chi connectivity index (χ0) is 7.68. The van der Waals surface area contributed by atoms with E-state index in [2.05, 4.69) is 10.2 Å². The number of nitrogens with two attached hydrogens (primary N) is 1. The maximum Gasteiger partial charge on any atom is 0.217 e. The molecule has 2 rings (SSSR count). The number of aromatic amines is 1. The predicted octanol–water partition coefficient (Wildman–Crippen LogP) is -2.36. The number of hydrogen-bond acceptors (Lipinski definition) is 2. The first-order valence-corrected chi connectivity index (χ1v) is 3.39. The van der Waals surface area contributed by atoms with Gasteiger partial charge in [0.2, 0.25) is 6.20 Å². The van der Waals surface area contributed by atoms with Crippen molar-refractivity contribution < 1.29 is 17.5 Å². The van der Waals surface area contributed by atoms with E-state index in [4.69, 9.17) is 5.73 Å². The molecule has 12 heavy (non-hydrogen) atoms. The van der Waals surface area contributed by atoms with Crippen LogP contribution in [0.1, 0.15) is 0 Å². The lowest BCUT2D eigenvalue weighted by molar-refractivity contribution is -0.450. The van der Waals surface area contributed by atoms with Gasteiger partial charge < -0.3 is 18.1 Å². The van der Waals surface area contributed by atoms with E-state index in [1.165, 1.54) is 0 Å². The molecule has 62 valence electrons. The fourth-order valence-electron chi connectivity index (χ4n) is 1.06. The van der Waals surface area contributed by atoms with Crippen molar-refractivity contribution in [2.75, 3.05) is 5.73 Å². The van der Waals surface area contributed by atoms with Gasteiger partial charge in [0.1, 0.15) is 11.2 Å². The van der Waals surface area contributed by atoms with Crippen LogP contribution in [0.5, 0.6) is 0 Å². The Bertz CT molecular complexity index is 383. The highest BCUT2D eigenvalue weighted by Gasteiger charge is 1.99. The van der Waals surface area contributed by atoms with E-state index < -0.39 is 0 Å². The number of halogens is 1. The molecule has 0 atom stereocenters. The summed E-state index contributed by atoms with van der Waals surface area (Å²) in [5.74, 6) is 0. The van der Waals surface area contributed by atoms with Crippen molar-refractivity contribution in [1.82, 2.24) is 5.10 Å². The van der Waals surface area contributed by atoms with E-state index in [1.807, 2.05) is 24.3 Å². The zero-order valence-corrected chi connectivity index (χ0v) is 7.05. The van der Waals surface area contributed by atoms with E-state index in [-0.39, 0.29) is 12.4 Å². The molecule has 1 heterocycles. The van der Waals surface area contributed by atoms with E-state index >= 15 is 0 Å². The maximum atomic E-state index is 5.68. The van der Waals surface area contributed by atoms with Gasteiger partial charge in [-0.15, -0.1) is 5.10 Å². The molecule has 0 fully saturated rings. The molecule has 4 heteroatoms. The van der Waals surface area contributed by atoms with Gasteiger partial charge in [0.25, 0.3) is 0 Å². The van der Waals surface area contributed by atoms with Gasteiger partial charge in [-0.25, -0.2) is 0 Å². The second kappa shape index (κ2) is 3.36. The molecule has 0 aliphatic rings. The molecule has 0 spiro atoms. The Kier molecular flexibility index (Phi) is 2.45. The second-order valence-corrected chi connectivity index (χ2v) is 2.36. The maximum absolute atomic E-state index is 5.68. The molecular weight excluding hydrogens is 174 g/mol. The lowest BCUT2D eigenvalue weighted by Gasteiger charge is -1.92. The Hall–Kier alpha value is -1.35. The number of rotatable bonds is 0. The van der Waals surface area contributed by atoms with E-state index in [9.17, 15) is 0 Å². The molecule has 0 amide bonds. The Morgan fingerprint density at radius 1 is 1.25 bits per heavy atom. The summed E-state index contributed by atoms with van der Waals surface area (Å²) in [6.45, 7) is 0. The molecule has 3 nitrogen and oxygen atoms in total. The highest BCUT2D eigenvalue weighted by Crippen LogP contribution is 2.14. The number of H-pyrrole nitrogens is 1. The number of nitrogen functional groups attached to an aromatic ring is 1. The lowest BCUT2D eigenvalue weighted by atomic mass is 10.2. The minimum atomic E-state index is 0. The molecule has 1 aromatic heterocycles. The first kappa shape index (κ1) is 8.74. The van der Waals surface area contributed by atoms with Gasteiger partial charge in [0.15, 0.2) is 0 Å². The average molecular weight is 182 g/mol. The molecule has 0 aliphatic carbocycles. The van der Waals surface area contributed by atoms with Crippen molar-refractivity contribution in [3.05, 3.63) is 30.5 Å². The normalized spacial score (nSPS) is 9.33. The van der Waals surface area contributed by atoms with Gasteiger partial charge in [-0.3, -0.25) is 0 Å². The summed E-state index contributed by atoms with van der Waals surface area (Å²) in [6.07, 6.45) is 1.68. The molecule has 0 saturated carbocycles. The number of para-hydroxylation sites is 1. The van der Waals surface area contributed by atoms with Gasteiger partial charge >= 0.3 is 0 Å². The van der Waals surface area contributed by atoms with Crippen molar-refractivity contribution >= 4 is 16.6 Å². The molecule has 0 aliphatic heterocycles. The van der Waals surface area contributed by atoms with E-state index in [1.54, 1.807) is 6.20 Å². The Morgan fingerprint density at radius 2 is 2.00 bits per heavy atom. The number of fused-ring (bicyclic) bond motifs is 1. The van der Waals surface area contributed by atoms with E-state index in [0.29, 0.717) is 0 Å². The summed E-state index contributed by atoms with van der Waals surface area (Å²) in [5.41, 5.74) is 7.31. The van der Waals surface area contributed by atoms with Gasteiger partial charge in [-0.05, 0) is 11.2 Å². The molecule has 0 radical (unpaired) electrons. The summed E-state index contributed by atoms with van der Waals surface area (Å²) >= 11 is 0. The highest BCUT2D eigenvalue weighted by molar-refractivity contribution is 5.88. The fraction of sp³-hybridized carbons (Fsp3) is 0. The van der Waals surface area contributed by atoms with Crippen LogP contribution in [-0.2, 0) is 0 Å². The Morgan fingerprint density at radius 3 is 2.75 bits per heavy atom. The van der Waals surface area contributed by atoms with Gasteiger partial charge in [-0.1, -0.05) is 18.2 Å². The highest BCUT2D eigenvalue weighted by atomic mass is 35.5. The molecule has 0 bridgehead atoms. The van der Waals surface area contributed by atoms with Crippen LogP contribution in [0.15, 0.2) is 30.5 Å². The fourth-order valence-corrected chi connectivity index (χ4v) is 1.06. The number of nitrogens with zero attached hydrogens (tertiary/aromatic N) is 1. The van der Waals surface area contributed by atoms with Crippen LogP contribution < -0.4 is 23.2 Å². The number of hydrogen-bond donors (Lipinski definition) is 1. The number of aromatic nitrogens is 2. The zero-order valence-electron chi connectivity index (χ0n) is 6.29. The number of nitrogens with one attached hydrogen (secondary N) is 1. The summed E-state index contributed by atoms with van der Waals surface area (Å²) in [5, 5.41) is 7.76. The number of benzene rings is 1. The third-order valence-electron chi connectivity index (χ3n) is 1.62. The standard InChI is InChI=1S/C8H7N3.ClH/c9-7-5-10-11-8-4-2-1-3-6(7)8;/h1-5H,(H2,9,11);1H. The topological polar surface area (TPSA) is 53.0 Å². The third kappa shape index (κ3) is 1.31. The smallest absolute Gasteiger partial charge is 0.217 e. The van der Waals surface area contributed by atoms with Crippen LogP contribution >= 0.6 is 0 Å². The Balaban J connectivity index is 0.000000720. The summed E-state index contributed by atoms with van der Waals surface area (Å²) in [6, 6.07) is 7.75. The number of anilines is 1. The molecule has 3 N–H and O–H groups in total. The second-order valence-electron chi connectivity index (χ2n) is 2.36. The molecule has 2 aromatic rings. The van der Waals surface area contributed by atoms with Gasteiger partial charge in [-0.2, -0.15) is 0 Å². The summed E-state index contributed by atoms with van der Waals surface area (Å²) in [4.78, 5) is 0. The molecule has 1 aromatic carbocycles. The van der Waals surface area contributed by atoms with Gasteiger partial charge in [0, 0.05) is 5.39 Å². The van der Waals surface area contributed by atoms with Crippen LogP contribution in [0.4, 0.5) is 5.69 Å². The molecule has 0 saturated heterocycles. The monoisotopic (exact) mass is 181 g/mol. The van der Waals surface area contributed by atoms with Crippen molar-refractivity contribution in [3.8, 4) is 0 Å². The van der Waals surface area contributed by atoms with Crippen LogP contribution in [0.3, 0.4) is 0 Å². The van der Waals surface area contributed by atoms with Crippen molar-refractivity contribution in [2.24, 2.45) is 0 Å². The summed E-state index contributed by atoms with van der Waals surface area (Å²) in [7, 11) is 0. The van der Waals surface area contributed by atoms with Gasteiger partial charge in [0.05, 0.1) is 0 Å². The third-order valence-corrected chi connectivity index (χ3v) is 1.62. The van der Waals surface area contributed by atoms with Crippen molar-refractivity contribution in [3.63, 3.8) is 0 Å². The van der Waals surface area contributed by atoms with Crippen LogP contribution in [0.25, 0.3) is 10.9 Å². The molecule has 0 unspecified atom stereocenters. The minimum Gasteiger partial charge on any atom is -1.00 e. The summed E-state index contributed by atoms with van der Waals surface area (Å²) < 4.78 is 0. The van der Waals surface area contributed by atoms with Crippen molar-refractivity contribution in [1.29, 1.82) is 0 Å². The predicted molar refractivity (Wildman–Crippen MR) is 42.7 cm³/mol. The lowest BCUT2D eigenvalue weighted by Crippen LogP contribution is -3.00. The van der Waals surface area contributed by atoms with E-state index in [0.717, 1.165) is 16.6 Å².